The summed E-state index contributed by atoms with van der Waals surface area (Å²) in [7, 11) is 1.59. The molecular weight excluding hydrogens is 389 g/mol. The van der Waals surface area contributed by atoms with Crippen molar-refractivity contribution < 1.29 is 23.5 Å². The second-order valence-corrected chi connectivity index (χ2v) is 7.20. The fourth-order valence-corrected chi connectivity index (χ4v) is 3.56. The van der Waals surface area contributed by atoms with Crippen molar-refractivity contribution in [2.24, 2.45) is 5.92 Å². The number of hydrogen-bond acceptors (Lipinski definition) is 5. The molecule has 0 radical (unpaired) electrons. The highest BCUT2D eigenvalue weighted by Crippen LogP contribution is 2.27. The van der Waals surface area contributed by atoms with Gasteiger partial charge in [0.2, 0.25) is 5.91 Å². The number of pyridine rings is 1. The van der Waals surface area contributed by atoms with Crippen LogP contribution in [0.2, 0.25) is 0 Å². The van der Waals surface area contributed by atoms with E-state index in [2.05, 4.69) is 15.6 Å². The van der Waals surface area contributed by atoms with E-state index in [4.69, 9.17) is 9.47 Å². The molecule has 2 amide bonds. The summed E-state index contributed by atoms with van der Waals surface area (Å²) in [5.41, 5.74) is 0.494. The van der Waals surface area contributed by atoms with Crippen LogP contribution in [-0.2, 0) is 9.53 Å². The highest BCUT2D eigenvalue weighted by atomic mass is 19.1. The van der Waals surface area contributed by atoms with Gasteiger partial charge in [-0.25, -0.2) is 4.39 Å². The van der Waals surface area contributed by atoms with Crippen LogP contribution in [0.25, 0.3) is 0 Å². The number of rotatable bonds is 8. The van der Waals surface area contributed by atoms with Crippen LogP contribution in [0.5, 0.6) is 5.75 Å². The first-order chi connectivity index (χ1) is 14.6. The zero-order chi connectivity index (χ0) is 21.3. The van der Waals surface area contributed by atoms with Gasteiger partial charge in [0.15, 0.2) is 0 Å². The summed E-state index contributed by atoms with van der Waals surface area (Å²) in [6, 6.07) is 8.99. The molecule has 1 aliphatic rings. The molecule has 30 heavy (non-hydrogen) atoms. The number of nitrogens with one attached hydrogen (secondary N) is 2. The van der Waals surface area contributed by atoms with Gasteiger partial charge < -0.3 is 20.1 Å². The van der Waals surface area contributed by atoms with Crippen LogP contribution in [0, 0.1) is 11.7 Å². The minimum atomic E-state index is -0.324. The number of hydrogen-bond donors (Lipinski definition) is 2. The van der Waals surface area contributed by atoms with Gasteiger partial charge >= 0.3 is 0 Å². The third-order valence-electron chi connectivity index (χ3n) is 5.19. The standard InChI is InChI=1S/C22H26FN3O4/c1-29-20-13-15(4-9-19(20)26-22(28)16-3-2-10-24-14-16)21(27)25-11-12-30-18-7-5-17(23)6-8-18/h2-3,5-8,10,14-15,19-20H,4,9,11-13H2,1H3,(H,25,27)(H,26,28)/t15-,19-,20-/m0/s1. The monoisotopic (exact) mass is 415 g/mol. The van der Waals surface area contributed by atoms with Crippen molar-refractivity contribution in [2.45, 2.75) is 31.4 Å². The quantitative estimate of drug-likeness (QED) is 0.646. The van der Waals surface area contributed by atoms with Crippen molar-refractivity contribution in [3.8, 4) is 5.75 Å². The van der Waals surface area contributed by atoms with Crippen LogP contribution >= 0.6 is 0 Å². The molecule has 1 aliphatic carbocycles. The number of amides is 2. The number of carbonyl (C=O) groups is 2. The van der Waals surface area contributed by atoms with Crippen LogP contribution in [0.15, 0.2) is 48.8 Å². The maximum atomic E-state index is 12.9. The van der Waals surface area contributed by atoms with E-state index in [0.717, 1.165) is 0 Å². The second-order valence-electron chi connectivity index (χ2n) is 7.20. The van der Waals surface area contributed by atoms with Gasteiger partial charge in [0.05, 0.1) is 24.3 Å². The van der Waals surface area contributed by atoms with E-state index in [-0.39, 0.29) is 35.7 Å². The Morgan fingerprint density at radius 3 is 2.70 bits per heavy atom. The Labute approximate surface area is 175 Å². The third-order valence-corrected chi connectivity index (χ3v) is 5.19. The Balaban J connectivity index is 1.42. The fourth-order valence-electron chi connectivity index (χ4n) is 3.56. The third kappa shape index (κ3) is 6.00. The molecule has 0 unspecified atom stereocenters. The molecule has 0 spiro atoms. The molecule has 1 heterocycles. The first-order valence-corrected chi connectivity index (χ1v) is 9.96. The zero-order valence-electron chi connectivity index (χ0n) is 16.8. The molecule has 1 fully saturated rings. The Morgan fingerprint density at radius 1 is 1.20 bits per heavy atom. The van der Waals surface area contributed by atoms with E-state index in [9.17, 15) is 14.0 Å². The Bertz CT molecular complexity index is 832. The van der Waals surface area contributed by atoms with Crippen LogP contribution in [0.3, 0.4) is 0 Å². The molecule has 3 atom stereocenters. The van der Waals surface area contributed by atoms with Gasteiger partial charge in [-0.05, 0) is 55.7 Å². The van der Waals surface area contributed by atoms with Gasteiger partial charge in [0.25, 0.3) is 5.91 Å². The lowest BCUT2D eigenvalue weighted by Crippen LogP contribution is -2.50. The zero-order valence-corrected chi connectivity index (χ0v) is 16.8. The number of aromatic nitrogens is 1. The fraction of sp³-hybridized carbons (Fsp3) is 0.409. The first-order valence-electron chi connectivity index (χ1n) is 9.96. The highest BCUT2D eigenvalue weighted by molar-refractivity contribution is 5.94. The van der Waals surface area contributed by atoms with Crippen molar-refractivity contribution in [3.63, 3.8) is 0 Å². The molecule has 2 N–H and O–H groups in total. The molecule has 0 bridgehead atoms. The summed E-state index contributed by atoms with van der Waals surface area (Å²) >= 11 is 0. The van der Waals surface area contributed by atoms with Crippen LogP contribution in [0.1, 0.15) is 29.6 Å². The smallest absolute Gasteiger partial charge is 0.253 e. The average molecular weight is 415 g/mol. The molecule has 0 aliphatic heterocycles. The molecule has 0 saturated heterocycles. The molecule has 1 aromatic heterocycles. The van der Waals surface area contributed by atoms with Crippen LogP contribution in [-0.4, -0.2) is 49.2 Å². The number of benzene rings is 1. The van der Waals surface area contributed by atoms with Gasteiger partial charge in [0.1, 0.15) is 18.2 Å². The SMILES string of the molecule is CO[C@H]1C[C@@H](C(=O)NCCOc2ccc(F)cc2)CC[C@@H]1NC(=O)c1cccnc1. The average Bonchev–Trinajstić information content (AvgIpc) is 2.78. The summed E-state index contributed by atoms with van der Waals surface area (Å²) in [6.45, 7) is 0.646. The molecule has 160 valence electrons. The lowest BCUT2D eigenvalue weighted by atomic mass is 9.83. The number of halogens is 1. The Kier molecular flexibility index (Phi) is 7.73. The summed E-state index contributed by atoms with van der Waals surface area (Å²) in [4.78, 5) is 28.8. The predicted molar refractivity (Wildman–Crippen MR) is 109 cm³/mol. The molecule has 1 saturated carbocycles. The predicted octanol–water partition coefficient (Wildman–Crippen LogP) is 2.33. The van der Waals surface area contributed by atoms with Crippen molar-refractivity contribution in [3.05, 3.63) is 60.2 Å². The largest absolute Gasteiger partial charge is 0.492 e. The summed E-state index contributed by atoms with van der Waals surface area (Å²) in [6.07, 6.45) is 4.72. The van der Waals surface area contributed by atoms with Gasteiger partial charge in [0, 0.05) is 25.4 Å². The lowest BCUT2D eigenvalue weighted by molar-refractivity contribution is -0.128. The lowest BCUT2D eigenvalue weighted by Gasteiger charge is -2.35. The summed E-state index contributed by atoms with van der Waals surface area (Å²) < 4.78 is 23.9. The van der Waals surface area contributed by atoms with E-state index in [1.54, 1.807) is 37.6 Å². The Morgan fingerprint density at radius 2 is 2.00 bits per heavy atom. The van der Waals surface area contributed by atoms with Gasteiger partial charge in [-0.2, -0.15) is 0 Å². The van der Waals surface area contributed by atoms with E-state index in [1.165, 1.54) is 18.3 Å². The summed E-state index contributed by atoms with van der Waals surface area (Å²) in [5.74, 6) is -0.217. The van der Waals surface area contributed by atoms with E-state index < -0.39 is 0 Å². The van der Waals surface area contributed by atoms with Crippen molar-refractivity contribution in [2.75, 3.05) is 20.3 Å². The first kappa shape index (κ1) is 21.7. The van der Waals surface area contributed by atoms with E-state index in [1.807, 2.05) is 0 Å². The second kappa shape index (κ2) is 10.7. The van der Waals surface area contributed by atoms with Gasteiger partial charge in [-0.3, -0.25) is 14.6 Å². The molecule has 3 rings (SSSR count). The molecule has 2 aromatic rings. The number of carbonyl (C=O) groups excluding carboxylic acids is 2. The molecular formula is C22H26FN3O4. The number of methoxy groups -OCH3 is 1. The maximum absolute atomic E-state index is 12.9. The highest BCUT2D eigenvalue weighted by Gasteiger charge is 2.34. The minimum absolute atomic E-state index is 0.0585. The van der Waals surface area contributed by atoms with Crippen LogP contribution < -0.4 is 15.4 Å². The van der Waals surface area contributed by atoms with Crippen LogP contribution in [0.4, 0.5) is 4.39 Å². The van der Waals surface area contributed by atoms with Gasteiger partial charge in [-0.15, -0.1) is 0 Å². The van der Waals surface area contributed by atoms with Gasteiger partial charge in [-0.1, -0.05) is 0 Å². The number of ether oxygens (including phenoxy) is 2. The molecule has 1 aromatic carbocycles. The molecule has 8 heteroatoms. The maximum Gasteiger partial charge on any atom is 0.253 e. The van der Waals surface area contributed by atoms with E-state index >= 15 is 0 Å². The minimum Gasteiger partial charge on any atom is -0.492 e. The van der Waals surface area contributed by atoms with Crippen molar-refractivity contribution in [1.82, 2.24) is 15.6 Å². The summed E-state index contributed by atoms with van der Waals surface area (Å²) in [5, 5.41) is 5.86. The topological polar surface area (TPSA) is 89.5 Å². The van der Waals surface area contributed by atoms with E-state index in [0.29, 0.717) is 43.7 Å². The van der Waals surface area contributed by atoms with Crippen molar-refractivity contribution in [1.29, 1.82) is 0 Å². The Hall–Kier alpha value is -3.00. The molecule has 7 nitrogen and oxygen atoms in total. The van der Waals surface area contributed by atoms with Crippen molar-refractivity contribution >= 4 is 11.8 Å². The number of nitrogens with zero attached hydrogens (tertiary/aromatic N) is 1. The normalized spacial score (nSPS) is 20.9.